The van der Waals surface area contributed by atoms with Crippen LogP contribution >= 0.6 is 11.8 Å². The summed E-state index contributed by atoms with van der Waals surface area (Å²) in [6, 6.07) is 12.7. The Balaban J connectivity index is 1.84. The third-order valence-electron chi connectivity index (χ3n) is 4.20. The van der Waals surface area contributed by atoms with Crippen LogP contribution in [0.3, 0.4) is 0 Å². The van der Waals surface area contributed by atoms with Gasteiger partial charge in [0.25, 0.3) is 5.91 Å². The first kappa shape index (κ1) is 21.5. The molecule has 7 heteroatoms. The van der Waals surface area contributed by atoms with Crippen molar-refractivity contribution in [2.24, 2.45) is 0 Å². The number of nitrogens with one attached hydrogen (secondary N) is 1. The number of likely N-dealkylation sites (N-methyl/N-ethyl adjacent to an activating group) is 1. The van der Waals surface area contributed by atoms with Crippen molar-refractivity contribution in [2.45, 2.75) is 18.7 Å². The molecule has 0 saturated heterocycles. The fourth-order valence-corrected chi connectivity index (χ4v) is 2.95. The lowest BCUT2D eigenvalue weighted by Gasteiger charge is -2.18. The van der Waals surface area contributed by atoms with Gasteiger partial charge in [-0.25, -0.2) is 4.79 Å². The molecule has 2 rings (SSSR count). The third-order valence-corrected chi connectivity index (χ3v) is 4.95. The number of amides is 2. The van der Waals surface area contributed by atoms with Gasteiger partial charge in [0, 0.05) is 17.6 Å². The van der Waals surface area contributed by atoms with Gasteiger partial charge in [0.1, 0.15) is 0 Å². The van der Waals surface area contributed by atoms with E-state index in [1.54, 1.807) is 23.9 Å². The summed E-state index contributed by atoms with van der Waals surface area (Å²) in [5, 5.41) is 2.82. The van der Waals surface area contributed by atoms with Gasteiger partial charge in [-0.3, -0.25) is 9.59 Å². The number of esters is 1. The number of carbonyl (C=O) groups is 3. The fourth-order valence-electron chi connectivity index (χ4n) is 2.54. The topological polar surface area (TPSA) is 75.7 Å². The van der Waals surface area contributed by atoms with E-state index < -0.39 is 18.5 Å². The van der Waals surface area contributed by atoms with Crippen LogP contribution in [0.2, 0.25) is 0 Å². The molecule has 0 saturated carbocycles. The lowest BCUT2D eigenvalue weighted by molar-refractivity contribution is -0.136. The van der Waals surface area contributed by atoms with Crippen LogP contribution in [-0.2, 0) is 14.3 Å². The van der Waals surface area contributed by atoms with E-state index in [0.717, 1.165) is 21.7 Å². The fraction of sp³-hybridized carbons (Fsp3) is 0.286. The summed E-state index contributed by atoms with van der Waals surface area (Å²) >= 11 is 1.57. The quantitative estimate of drug-likeness (QED) is 0.570. The van der Waals surface area contributed by atoms with E-state index in [4.69, 9.17) is 4.74 Å². The Bertz CT molecular complexity index is 845. The summed E-state index contributed by atoms with van der Waals surface area (Å²) in [5.74, 6) is -1.34. The third kappa shape index (κ3) is 5.85. The summed E-state index contributed by atoms with van der Waals surface area (Å²) in [7, 11) is 1.49. The largest absolute Gasteiger partial charge is 0.452 e. The second kappa shape index (κ2) is 9.94. The Morgan fingerprint density at radius 3 is 2.21 bits per heavy atom. The van der Waals surface area contributed by atoms with E-state index in [0.29, 0.717) is 5.56 Å². The molecule has 0 bridgehead atoms. The number of anilines is 1. The second-order valence-electron chi connectivity index (χ2n) is 6.37. The number of ether oxygens (including phenoxy) is 1. The molecule has 0 fully saturated rings. The van der Waals surface area contributed by atoms with Crippen LogP contribution < -0.4 is 5.32 Å². The van der Waals surface area contributed by atoms with Crippen molar-refractivity contribution in [3.8, 4) is 0 Å². The summed E-state index contributed by atoms with van der Waals surface area (Å²) in [6.45, 7) is 3.26. The van der Waals surface area contributed by atoms with Crippen LogP contribution in [0, 0.1) is 13.8 Å². The predicted molar refractivity (Wildman–Crippen MR) is 111 cm³/mol. The van der Waals surface area contributed by atoms with Crippen LogP contribution in [0.4, 0.5) is 5.69 Å². The molecular formula is C21H24N2O4S. The highest BCUT2D eigenvalue weighted by Gasteiger charge is 2.17. The summed E-state index contributed by atoms with van der Waals surface area (Å²) < 4.78 is 5.05. The molecule has 2 aromatic rings. The number of nitrogens with zero attached hydrogens (tertiary/aromatic N) is 1. The Hall–Kier alpha value is -2.80. The first-order valence-electron chi connectivity index (χ1n) is 8.73. The number of rotatable bonds is 7. The van der Waals surface area contributed by atoms with Crippen LogP contribution in [0.15, 0.2) is 47.4 Å². The van der Waals surface area contributed by atoms with Crippen molar-refractivity contribution in [1.82, 2.24) is 4.90 Å². The minimum absolute atomic E-state index is 0.132. The lowest BCUT2D eigenvalue weighted by Crippen LogP contribution is -2.37. The molecule has 0 aliphatic rings. The number of benzene rings is 2. The standard InChI is InChI=1S/C21H24N2O4S/c1-14-6-5-7-15(2)20(14)22-18(24)12-23(3)19(25)13-27-21(26)16-8-10-17(28-4)11-9-16/h5-11H,12-13H2,1-4H3,(H,22,24). The molecule has 0 aromatic heterocycles. The minimum atomic E-state index is -0.575. The van der Waals surface area contributed by atoms with Gasteiger partial charge in [-0.05, 0) is 55.5 Å². The maximum atomic E-state index is 12.2. The summed E-state index contributed by atoms with van der Waals surface area (Å²) in [6.07, 6.45) is 1.94. The SMILES string of the molecule is CSc1ccc(C(=O)OCC(=O)N(C)CC(=O)Nc2c(C)cccc2C)cc1. The monoisotopic (exact) mass is 400 g/mol. The van der Waals surface area contributed by atoms with Crippen molar-refractivity contribution in [2.75, 3.05) is 31.8 Å². The molecule has 0 aliphatic carbocycles. The zero-order valence-corrected chi connectivity index (χ0v) is 17.3. The Morgan fingerprint density at radius 1 is 1.04 bits per heavy atom. The maximum Gasteiger partial charge on any atom is 0.338 e. The Morgan fingerprint density at radius 2 is 1.64 bits per heavy atom. The Labute approximate surface area is 169 Å². The zero-order valence-electron chi connectivity index (χ0n) is 16.4. The minimum Gasteiger partial charge on any atom is -0.452 e. The zero-order chi connectivity index (χ0) is 20.7. The molecule has 0 unspecified atom stereocenters. The number of thioether (sulfide) groups is 1. The van der Waals surface area contributed by atoms with Crippen LogP contribution in [0.1, 0.15) is 21.5 Å². The lowest BCUT2D eigenvalue weighted by atomic mass is 10.1. The molecule has 1 N–H and O–H groups in total. The summed E-state index contributed by atoms with van der Waals surface area (Å²) in [4.78, 5) is 38.7. The molecule has 0 spiro atoms. The number of carbonyl (C=O) groups excluding carboxylic acids is 3. The number of aryl methyl sites for hydroxylation is 2. The molecule has 28 heavy (non-hydrogen) atoms. The highest BCUT2D eigenvalue weighted by molar-refractivity contribution is 7.98. The van der Waals surface area contributed by atoms with Crippen molar-refractivity contribution in [1.29, 1.82) is 0 Å². The smallest absolute Gasteiger partial charge is 0.338 e. The van der Waals surface area contributed by atoms with E-state index in [1.165, 1.54) is 11.9 Å². The molecular weight excluding hydrogens is 376 g/mol. The molecule has 2 amide bonds. The van der Waals surface area contributed by atoms with Gasteiger partial charge in [-0.15, -0.1) is 11.8 Å². The van der Waals surface area contributed by atoms with Gasteiger partial charge in [0.05, 0.1) is 12.1 Å². The van der Waals surface area contributed by atoms with Gasteiger partial charge in [-0.1, -0.05) is 18.2 Å². The van der Waals surface area contributed by atoms with E-state index in [2.05, 4.69) is 5.32 Å². The van der Waals surface area contributed by atoms with Crippen molar-refractivity contribution < 1.29 is 19.1 Å². The van der Waals surface area contributed by atoms with Crippen LogP contribution in [0.25, 0.3) is 0 Å². The highest BCUT2D eigenvalue weighted by Crippen LogP contribution is 2.19. The van der Waals surface area contributed by atoms with Crippen molar-refractivity contribution in [3.05, 3.63) is 59.2 Å². The van der Waals surface area contributed by atoms with Gasteiger partial charge < -0.3 is 15.0 Å². The first-order valence-corrected chi connectivity index (χ1v) is 9.95. The van der Waals surface area contributed by atoms with Gasteiger partial charge in [-0.2, -0.15) is 0 Å². The van der Waals surface area contributed by atoms with E-state index in [1.807, 2.05) is 50.4 Å². The molecule has 0 aliphatic heterocycles. The normalized spacial score (nSPS) is 10.3. The van der Waals surface area contributed by atoms with Gasteiger partial charge in [0.2, 0.25) is 5.91 Å². The maximum absolute atomic E-state index is 12.2. The van der Waals surface area contributed by atoms with Crippen LogP contribution in [-0.4, -0.2) is 49.1 Å². The predicted octanol–water partition coefficient (Wildman–Crippen LogP) is 3.28. The number of para-hydroxylation sites is 1. The molecule has 0 heterocycles. The highest BCUT2D eigenvalue weighted by atomic mass is 32.2. The Kier molecular flexibility index (Phi) is 7.63. The second-order valence-corrected chi connectivity index (χ2v) is 7.25. The van der Waals surface area contributed by atoms with Gasteiger partial charge in [0.15, 0.2) is 6.61 Å². The van der Waals surface area contributed by atoms with Crippen molar-refractivity contribution in [3.63, 3.8) is 0 Å². The van der Waals surface area contributed by atoms with E-state index in [-0.39, 0.29) is 12.5 Å². The first-order chi connectivity index (χ1) is 13.3. The average Bonchev–Trinajstić information content (AvgIpc) is 2.68. The number of hydrogen-bond donors (Lipinski definition) is 1. The molecule has 148 valence electrons. The van der Waals surface area contributed by atoms with Crippen LogP contribution in [0.5, 0.6) is 0 Å². The molecule has 2 aromatic carbocycles. The molecule has 0 radical (unpaired) electrons. The number of hydrogen-bond acceptors (Lipinski definition) is 5. The molecule has 6 nitrogen and oxygen atoms in total. The van der Waals surface area contributed by atoms with Gasteiger partial charge >= 0.3 is 5.97 Å². The summed E-state index contributed by atoms with van der Waals surface area (Å²) in [5.41, 5.74) is 3.02. The average molecular weight is 401 g/mol. The van der Waals surface area contributed by atoms with Crippen molar-refractivity contribution >= 4 is 35.2 Å². The molecule has 0 atom stereocenters. The van der Waals surface area contributed by atoms with E-state index in [9.17, 15) is 14.4 Å². The van der Waals surface area contributed by atoms with E-state index >= 15 is 0 Å².